The van der Waals surface area contributed by atoms with Crippen molar-refractivity contribution in [1.29, 1.82) is 0 Å². The molecule has 0 amide bonds. The Labute approximate surface area is 98.4 Å². The van der Waals surface area contributed by atoms with Gasteiger partial charge in [-0.2, -0.15) is 0 Å². The molecule has 1 aromatic heterocycles. The highest BCUT2D eigenvalue weighted by molar-refractivity contribution is 5.17. The zero-order valence-electron chi connectivity index (χ0n) is 10.6. The summed E-state index contributed by atoms with van der Waals surface area (Å²) in [7, 11) is 2.06. The SMILES string of the molecule is CNC(c1coc(C)c1)C1CCC(C)CC1. The van der Waals surface area contributed by atoms with Gasteiger partial charge in [0.15, 0.2) is 0 Å². The van der Waals surface area contributed by atoms with Crippen LogP contribution in [0.15, 0.2) is 16.7 Å². The van der Waals surface area contributed by atoms with Gasteiger partial charge in [0.25, 0.3) is 0 Å². The number of hydrogen-bond acceptors (Lipinski definition) is 2. The van der Waals surface area contributed by atoms with Crippen LogP contribution in [0.5, 0.6) is 0 Å². The van der Waals surface area contributed by atoms with Crippen LogP contribution in [0.3, 0.4) is 0 Å². The topological polar surface area (TPSA) is 25.2 Å². The number of rotatable bonds is 3. The molecule has 2 rings (SSSR count). The molecular weight excluding hydrogens is 198 g/mol. The summed E-state index contributed by atoms with van der Waals surface area (Å²) in [6.07, 6.45) is 7.35. The Morgan fingerprint density at radius 3 is 2.50 bits per heavy atom. The number of hydrogen-bond donors (Lipinski definition) is 1. The van der Waals surface area contributed by atoms with Crippen LogP contribution in [0, 0.1) is 18.8 Å². The van der Waals surface area contributed by atoms with Gasteiger partial charge in [-0.05, 0) is 44.7 Å². The van der Waals surface area contributed by atoms with Crippen molar-refractivity contribution in [3.63, 3.8) is 0 Å². The normalized spacial score (nSPS) is 27.9. The van der Waals surface area contributed by atoms with Gasteiger partial charge in [-0.15, -0.1) is 0 Å². The average molecular weight is 221 g/mol. The summed E-state index contributed by atoms with van der Waals surface area (Å²) >= 11 is 0. The van der Waals surface area contributed by atoms with Gasteiger partial charge in [0.1, 0.15) is 5.76 Å². The van der Waals surface area contributed by atoms with Gasteiger partial charge in [-0.1, -0.05) is 19.8 Å². The first-order valence-corrected chi connectivity index (χ1v) is 6.43. The molecule has 0 aromatic carbocycles. The van der Waals surface area contributed by atoms with Crippen molar-refractivity contribution >= 4 is 0 Å². The largest absolute Gasteiger partial charge is 0.469 e. The molecule has 0 aliphatic heterocycles. The van der Waals surface area contributed by atoms with Crippen LogP contribution in [-0.2, 0) is 0 Å². The molecule has 0 bridgehead atoms. The standard InChI is InChI=1S/C14H23NO/c1-10-4-6-12(7-5-10)14(15-3)13-8-11(2)16-9-13/h8-10,12,14-15H,4-7H2,1-3H3. The van der Waals surface area contributed by atoms with Crippen molar-refractivity contribution in [1.82, 2.24) is 5.32 Å². The molecule has 1 unspecified atom stereocenters. The molecule has 1 aliphatic carbocycles. The van der Waals surface area contributed by atoms with E-state index in [4.69, 9.17) is 4.42 Å². The lowest BCUT2D eigenvalue weighted by molar-refractivity contribution is 0.237. The van der Waals surface area contributed by atoms with E-state index in [2.05, 4.69) is 25.4 Å². The van der Waals surface area contributed by atoms with E-state index in [1.165, 1.54) is 31.2 Å². The molecular formula is C14H23NO. The molecule has 0 saturated heterocycles. The minimum Gasteiger partial charge on any atom is -0.469 e. The highest BCUT2D eigenvalue weighted by Gasteiger charge is 2.26. The molecule has 16 heavy (non-hydrogen) atoms. The monoisotopic (exact) mass is 221 g/mol. The van der Waals surface area contributed by atoms with Crippen LogP contribution >= 0.6 is 0 Å². The number of nitrogens with one attached hydrogen (secondary N) is 1. The lowest BCUT2D eigenvalue weighted by Gasteiger charge is -2.32. The summed E-state index contributed by atoms with van der Waals surface area (Å²) in [6, 6.07) is 2.64. The van der Waals surface area contributed by atoms with E-state index >= 15 is 0 Å². The van der Waals surface area contributed by atoms with Gasteiger partial charge >= 0.3 is 0 Å². The third-order valence-corrected chi connectivity index (χ3v) is 3.95. The van der Waals surface area contributed by atoms with E-state index in [9.17, 15) is 0 Å². The summed E-state index contributed by atoms with van der Waals surface area (Å²) in [5.41, 5.74) is 1.32. The minimum atomic E-state index is 0.477. The Morgan fingerprint density at radius 2 is 2.00 bits per heavy atom. The smallest absolute Gasteiger partial charge is 0.101 e. The maximum absolute atomic E-state index is 5.42. The Kier molecular flexibility index (Phi) is 3.70. The van der Waals surface area contributed by atoms with Gasteiger partial charge in [0, 0.05) is 11.6 Å². The highest BCUT2D eigenvalue weighted by atomic mass is 16.3. The fourth-order valence-corrected chi connectivity index (χ4v) is 2.92. The molecule has 1 fully saturated rings. The minimum absolute atomic E-state index is 0.477. The second-order valence-electron chi connectivity index (χ2n) is 5.28. The summed E-state index contributed by atoms with van der Waals surface area (Å²) < 4.78 is 5.42. The van der Waals surface area contributed by atoms with Gasteiger partial charge in [-0.25, -0.2) is 0 Å². The van der Waals surface area contributed by atoms with Crippen molar-refractivity contribution in [3.05, 3.63) is 23.7 Å². The fourth-order valence-electron chi connectivity index (χ4n) is 2.92. The van der Waals surface area contributed by atoms with E-state index < -0.39 is 0 Å². The van der Waals surface area contributed by atoms with E-state index in [0.29, 0.717) is 6.04 Å². The second-order valence-corrected chi connectivity index (χ2v) is 5.28. The quantitative estimate of drug-likeness (QED) is 0.842. The number of furan rings is 1. The molecule has 1 saturated carbocycles. The third kappa shape index (κ3) is 2.49. The van der Waals surface area contributed by atoms with Crippen LogP contribution in [-0.4, -0.2) is 7.05 Å². The maximum Gasteiger partial charge on any atom is 0.101 e. The Morgan fingerprint density at radius 1 is 1.31 bits per heavy atom. The predicted molar refractivity (Wildman–Crippen MR) is 66.4 cm³/mol. The Hall–Kier alpha value is -0.760. The number of aryl methyl sites for hydroxylation is 1. The molecule has 2 heteroatoms. The molecule has 2 nitrogen and oxygen atoms in total. The zero-order chi connectivity index (χ0) is 11.5. The van der Waals surface area contributed by atoms with E-state index in [1.807, 2.05) is 13.2 Å². The Bertz CT molecular complexity index is 323. The van der Waals surface area contributed by atoms with Crippen LogP contribution in [0.25, 0.3) is 0 Å². The first-order valence-electron chi connectivity index (χ1n) is 6.43. The van der Waals surface area contributed by atoms with Crippen LogP contribution in [0.2, 0.25) is 0 Å². The van der Waals surface area contributed by atoms with Crippen molar-refractivity contribution in [2.75, 3.05) is 7.05 Å². The lowest BCUT2D eigenvalue weighted by atomic mass is 9.78. The summed E-state index contributed by atoms with van der Waals surface area (Å²) in [5, 5.41) is 3.46. The molecule has 1 heterocycles. The molecule has 0 radical (unpaired) electrons. The van der Waals surface area contributed by atoms with Gasteiger partial charge in [0.2, 0.25) is 0 Å². The maximum atomic E-state index is 5.42. The zero-order valence-corrected chi connectivity index (χ0v) is 10.6. The van der Waals surface area contributed by atoms with Crippen molar-refractivity contribution < 1.29 is 4.42 Å². The van der Waals surface area contributed by atoms with E-state index in [1.54, 1.807) is 0 Å². The second kappa shape index (κ2) is 5.05. The van der Waals surface area contributed by atoms with Crippen molar-refractivity contribution in [2.45, 2.75) is 45.6 Å². The third-order valence-electron chi connectivity index (χ3n) is 3.95. The first-order chi connectivity index (χ1) is 7.70. The molecule has 90 valence electrons. The highest BCUT2D eigenvalue weighted by Crippen LogP contribution is 2.36. The van der Waals surface area contributed by atoms with Gasteiger partial charge < -0.3 is 9.73 Å². The molecule has 1 atom stereocenters. The molecule has 1 aliphatic rings. The summed E-state index contributed by atoms with van der Waals surface area (Å²) in [4.78, 5) is 0. The molecule has 1 N–H and O–H groups in total. The van der Waals surface area contributed by atoms with E-state index in [0.717, 1.165) is 17.6 Å². The fraction of sp³-hybridized carbons (Fsp3) is 0.714. The lowest BCUT2D eigenvalue weighted by Crippen LogP contribution is -2.28. The first kappa shape index (κ1) is 11.7. The van der Waals surface area contributed by atoms with Gasteiger partial charge in [0.05, 0.1) is 6.26 Å². The summed E-state index contributed by atoms with van der Waals surface area (Å²) in [5.74, 6) is 2.71. The van der Waals surface area contributed by atoms with Crippen molar-refractivity contribution in [3.8, 4) is 0 Å². The van der Waals surface area contributed by atoms with Crippen LogP contribution in [0.1, 0.15) is 50.0 Å². The molecule has 0 spiro atoms. The molecule has 1 aromatic rings. The average Bonchev–Trinajstić information content (AvgIpc) is 2.69. The van der Waals surface area contributed by atoms with Crippen LogP contribution < -0.4 is 5.32 Å². The van der Waals surface area contributed by atoms with Gasteiger partial charge in [-0.3, -0.25) is 0 Å². The van der Waals surface area contributed by atoms with E-state index in [-0.39, 0.29) is 0 Å². The van der Waals surface area contributed by atoms with Crippen molar-refractivity contribution in [2.24, 2.45) is 11.8 Å². The Balaban J connectivity index is 2.05. The van der Waals surface area contributed by atoms with Crippen LogP contribution in [0.4, 0.5) is 0 Å². The summed E-state index contributed by atoms with van der Waals surface area (Å²) in [6.45, 7) is 4.38. The predicted octanol–water partition coefficient (Wildman–Crippen LogP) is 3.67.